The predicted molar refractivity (Wildman–Crippen MR) is 135 cm³/mol. The minimum atomic E-state index is -0.593. The van der Waals surface area contributed by atoms with Crippen LogP contribution in [0.5, 0.6) is 0 Å². The lowest BCUT2D eigenvalue weighted by Crippen LogP contribution is -2.47. The summed E-state index contributed by atoms with van der Waals surface area (Å²) in [4.78, 5) is 25.7. The van der Waals surface area contributed by atoms with Crippen molar-refractivity contribution in [2.45, 2.75) is 53.0 Å². The van der Waals surface area contributed by atoms with Crippen LogP contribution in [-0.2, 0) is 29.3 Å². The van der Waals surface area contributed by atoms with Gasteiger partial charge in [0.1, 0.15) is 6.04 Å². The van der Waals surface area contributed by atoms with Crippen molar-refractivity contribution in [2.24, 2.45) is 5.92 Å². The van der Waals surface area contributed by atoms with Gasteiger partial charge in [-0.3, -0.25) is 9.59 Å². The first-order valence-corrected chi connectivity index (χ1v) is 11.8. The van der Waals surface area contributed by atoms with Crippen molar-refractivity contribution in [1.29, 1.82) is 0 Å². The van der Waals surface area contributed by atoms with Crippen molar-refractivity contribution < 1.29 is 14.3 Å². The third-order valence-corrected chi connectivity index (χ3v) is 5.56. The van der Waals surface area contributed by atoms with E-state index in [1.165, 1.54) is 0 Å². The summed E-state index contributed by atoms with van der Waals surface area (Å²) < 4.78 is 5.83. The molecule has 1 unspecified atom stereocenters. The van der Waals surface area contributed by atoms with Gasteiger partial charge in [0, 0.05) is 12.1 Å². The molecule has 0 saturated carbocycles. The summed E-state index contributed by atoms with van der Waals surface area (Å²) in [5.41, 5.74) is 4.65. The van der Waals surface area contributed by atoms with Gasteiger partial charge in [0.25, 0.3) is 5.91 Å². The zero-order valence-corrected chi connectivity index (χ0v) is 20.2. The normalized spacial score (nSPS) is 11.8. The van der Waals surface area contributed by atoms with Crippen LogP contribution in [0, 0.1) is 12.8 Å². The zero-order valence-electron chi connectivity index (χ0n) is 20.2. The highest BCUT2D eigenvalue weighted by Crippen LogP contribution is 2.12. The van der Waals surface area contributed by atoms with E-state index < -0.39 is 6.04 Å². The standard InChI is InChI=1S/C29H34N2O3/c1-21(2)16-27(31-28(32)26-15-8-7-10-22(26)3)29(33)30-18-24-13-9-14-25(17-24)20-34-19-23-11-5-4-6-12-23/h4-15,17,21,27H,16,18-20H2,1-3H3,(H,30,33)(H,31,32). The molecule has 178 valence electrons. The summed E-state index contributed by atoms with van der Waals surface area (Å²) in [6.45, 7) is 7.42. The second kappa shape index (κ2) is 12.7. The lowest BCUT2D eigenvalue weighted by atomic mass is 10.0. The van der Waals surface area contributed by atoms with Crippen LogP contribution in [-0.4, -0.2) is 17.9 Å². The van der Waals surface area contributed by atoms with Crippen LogP contribution in [0.1, 0.15) is 52.9 Å². The lowest BCUT2D eigenvalue weighted by Gasteiger charge is -2.21. The first-order chi connectivity index (χ1) is 16.4. The molecule has 3 aromatic rings. The summed E-state index contributed by atoms with van der Waals surface area (Å²) in [5, 5.41) is 5.92. The van der Waals surface area contributed by atoms with Gasteiger partial charge in [-0.1, -0.05) is 86.6 Å². The topological polar surface area (TPSA) is 67.4 Å². The second-order valence-corrected chi connectivity index (χ2v) is 8.99. The molecule has 2 N–H and O–H groups in total. The van der Waals surface area contributed by atoms with E-state index in [2.05, 4.69) is 10.6 Å². The molecule has 0 aliphatic carbocycles. The van der Waals surface area contributed by atoms with Gasteiger partial charge in [-0.2, -0.15) is 0 Å². The maximum atomic E-state index is 13.0. The Morgan fingerprint density at radius 1 is 0.824 bits per heavy atom. The summed E-state index contributed by atoms with van der Waals surface area (Å²) in [7, 11) is 0. The number of rotatable bonds is 11. The highest BCUT2D eigenvalue weighted by molar-refractivity contribution is 5.98. The van der Waals surface area contributed by atoms with E-state index in [0.29, 0.717) is 31.7 Å². The van der Waals surface area contributed by atoms with E-state index >= 15 is 0 Å². The molecule has 0 radical (unpaired) electrons. The fourth-order valence-electron chi connectivity index (χ4n) is 3.77. The van der Waals surface area contributed by atoms with Crippen molar-refractivity contribution in [3.05, 3.63) is 107 Å². The van der Waals surface area contributed by atoms with Crippen molar-refractivity contribution in [3.8, 4) is 0 Å². The zero-order chi connectivity index (χ0) is 24.3. The quantitative estimate of drug-likeness (QED) is 0.416. The third-order valence-electron chi connectivity index (χ3n) is 5.56. The van der Waals surface area contributed by atoms with Gasteiger partial charge in [0.15, 0.2) is 0 Å². The van der Waals surface area contributed by atoms with E-state index in [4.69, 9.17) is 4.74 Å². The molecule has 0 spiro atoms. The van der Waals surface area contributed by atoms with Crippen LogP contribution in [0.15, 0.2) is 78.9 Å². The number of carbonyl (C=O) groups is 2. The summed E-state index contributed by atoms with van der Waals surface area (Å²) in [5.74, 6) is -0.143. The monoisotopic (exact) mass is 458 g/mol. The SMILES string of the molecule is Cc1ccccc1C(=O)NC(CC(C)C)C(=O)NCc1cccc(COCc2ccccc2)c1. The Labute approximate surface area is 202 Å². The first kappa shape index (κ1) is 25.2. The van der Waals surface area contributed by atoms with Gasteiger partial charge in [0.2, 0.25) is 5.91 Å². The number of nitrogens with one attached hydrogen (secondary N) is 2. The van der Waals surface area contributed by atoms with Crippen molar-refractivity contribution in [2.75, 3.05) is 0 Å². The maximum Gasteiger partial charge on any atom is 0.252 e. The Morgan fingerprint density at radius 3 is 2.21 bits per heavy atom. The van der Waals surface area contributed by atoms with Crippen LogP contribution in [0.4, 0.5) is 0 Å². The molecule has 0 aliphatic heterocycles. The average Bonchev–Trinajstić information content (AvgIpc) is 2.83. The van der Waals surface area contributed by atoms with Gasteiger partial charge in [0.05, 0.1) is 13.2 Å². The van der Waals surface area contributed by atoms with Crippen molar-refractivity contribution in [3.63, 3.8) is 0 Å². The molecule has 5 heteroatoms. The number of hydrogen-bond acceptors (Lipinski definition) is 3. The molecule has 0 aromatic heterocycles. The molecule has 2 amide bonds. The summed E-state index contributed by atoms with van der Waals surface area (Å²) >= 11 is 0. The minimum absolute atomic E-state index is 0.179. The molecule has 0 heterocycles. The number of aryl methyl sites for hydroxylation is 1. The van der Waals surface area contributed by atoms with Crippen LogP contribution >= 0.6 is 0 Å². The van der Waals surface area contributed by atoms with Crippen LogP contribution in [0.2, 0.25) is 0 Å². The van der Waals surface area contributed by atoms with E-state index in [1.54, 1.807) is 6.07 Å². The number of amides is 2. The average molecular weight is 459 g/mol. The fourth-order valence-corrected chi connectivity index (χ4v) is 3.77. The van der Waals surface area contributed by atoms with E-state index in [-0.39, 0.29) is 17.7 Å². The van der Waals surface area contributed by atoms with Gasteiger partial charge in [-0.15, -0.1) is 0 Å². The number of benzene rings is 3. The van der Waals surface area contributed by atoms with Crippen molar-refractivity contribution in [1.82, 2.24) is 10.6 Å². The molecule has 0 saturated heterocycles. The fraction of sp³-hybridized carbons (Fsp3) is 0.310. The largest absolute Gasteiger partial charge is 0.372 e. The number of ether oxygens (including phenoxy) is 1. The number of hydrogen-bond donors (Lipinski definition) is 2. The van der Waals surface area contributed by atoms with Crippen LogP contribution in [0.25, 0.3) is 0 Å². The molecule has 0 bridgehead atoms. The molecule has 1 atom stereocenters. The summed E-state index contributed by atoms with van der Waals surface area (Å²) in [6, 6.07) is 24.9. The third kappa shape index (κ3) is 7.85. The van der Waals surface area contributed by atoms with E-state index in [0.717, 1.165) is 22.3 Å². The molecule has 34 heavy (non-hydrogen) atoms. The minimum Gasteiger partial charge on any atom is -0.372 e. The maximum absolute atomic E-state index is 13.0. The van der Waals surface area contributed by atoms with Gasteiger partial charge in [-0.25, -0.2) is 0 Å². The highest BCUT2D eigenvalue weighted by atomic mass is 16.5. The molecular weight excluding hydrogens is 424 g/mol. The van der Waals surface area contributed by atoms with Crippen molar-refractivity contribution >= 4 is 11.8 Å². The Balaban J connectivity index is 1.55. The molecule has 3 rings (SSSR count). The Hall–Kier alpha value is -3.44. The second-order valence-electron chi connectivity index (χ2n) is 8.99. The smallest absolute Gasteiger partial charge is 0.252 e. The first-order valence-electron chi connectivity index (χ1n) is 11.8. The molecule has 0 aliphatic rings. The molecule has 5 nitrogen and oxygen atoms in total. The Kier molecular flexibility index (Phi) is 9.41. The molecular formula is C29H34N2O3. The Bertz CT molecular complexity index is 1080. The molecule has 0 fully saturated rings. The van der Waals surface area contributed by atoms with Crippen LogP contribution in [0.3, 0.4) is 0 Å². The van der Waals surface area contributed by atoms with Gasteiger partial charge < -0.3 is 15.4 Å². The summed E-state index contributed by atoms with van der Waals surface area (Å²) in [6.07, 6.45) is 0.566. The predicted octanol–water partition coefficient (Wildman–Crippen LogP) is 5.17. The van der Waals surface area contributed by atoms with E-state index in [9.17, 15) is 9.59 Å². The lowest BCUT2D eigenvalue weighted by molar-refractivity contribution is -0.123. The van der Waals surface area contributed by atoms with Gasteiger partial charge in [-0.05, 0) is 47.6 Å². The number of carbonyl (C=O) groups excluding carboxylic acids is 2. The van der Waals surface area contributed by atoms with Gasteiger partial charge >= 0.3 is 0 Å². The van der Waals surface area contributed by atoms with Crippen LogP contribution < -0.4 is 10.6 Å². The molecule has 3 aromatic carbocycles. The Morgan fingerprint density at radius 2 is 1.47 bits per heavy atom. The van der Waals surface area contributed by atoms with E-state index in [1.807, 2.05) is 93.6 Å². The highest BCUT2D eigenvalue weighted by Gasteiger charge is 2.23.